The number of methoxy groups -OCH3 is 1. The highest BCUT2D eigenvalue weighted by molar-refractivity contribution is 7.90. The Balaban J connectivity index is 1.80. The second-order valence-corrected chi connectivity index (χ2v) is 11.1. The predicted molar refractivity (Wildman–Crippen MR) is 135 cm³/mol. The van der Waals surface area contributed by atoms with Crippen molar-refractivity contribution in [2.45, 2.75) is 37.6 Å². The second kappa shape index (κ2) is 9.38. The number of ether oxygens (including phenoxy) is 1. The number of pyridine rings is 2. The molecule has 1 fully saturated rings. The third-order valence-corrected chi connectivity index (χ3v) is 7.59. The fourth-order valence-corrected chi connectivity index (χ4v) is 5.68. The summed E-state index contributed by atoms with van der Waals surface area (Å²) in [4.78, 5) is 23.6. The first kappa shape index (κ1) is 25.4. The zero-order valence-corrected chi connectivity index (χ0v) is 21.3. The Bertz CT molecular complexity index is 1430. The molecule has 36 heavy (non-hydrogen) atoms. The average Bonchev–Trinajstić information content (AvgIpc) is 3.10. The van der Waals surface area contributed by atoms with Gasteiger partial charge in [-0.25, -0.2) is 27.5 Å². The van der Waals surface area contributed by atoms with Crippen LogP contribution in [0.4, 0.5) is 16.0 Å². The SMILES string of the molecule is COc1cc(-c2ccc(C(=O)NS(=O)(=O)c3cccnc3N)c(N3C[C@@H](C)CC3(C)C)n2)ccc1F. The molecule has 1 atom stereocenters. The van der Waals surface area contributed by atoms with E-state index in [1.54, 1.807) is 12.1 Å². The molecular formula is C25H28FN5O4S. The van der Waals surface area contributed by atoms with Gasteiger partial charge in [0.25, 0.3) is 15.9 Å². The summed E-state index contributed by atoms with van der Waals surface area (Å²) in [5.41, 5.74) is 6.53. The fourth-order valence-electron chi connectivity index (χ4n) is 4.63. The van der Waals surface area contributed by atoms with Crippen LogP contribution < -0.4 is 20.1 Å². The third-order valence-electron chi connectivity index (χ3n) is 6.21. The second-order valence-electron chi connectivity index (χ2n) is 9.47. The summed E-state index contributed by atoms with van der Waals surface area (Å²) in [7, 11) is -2.91. The molecule has 2 aromatic heterocycles. The Morgan fingerprint density at radius 3 is 2.64 bits per heavy atom. The minimum absolute atomic E-state index is 0.0629. The van der Waals surface area contributed by atoms with E-state index in [0.717, 1.165) is 6.42 Å². The van der Waals surface area contributed by atoms with E-state index in [0.29, 0.717) is 29.5 Å². The molecule has 190 valence electrons. The topological polar surface area (TPSA) is 128 Å². The van der Waals surface area contributed by atoms with Gasteiger partial charge in [-0.15, -0.1) is 0 Å². The fraction of sp³-hybridized carbons (Fsp3) is 0.320. The summed E-state index contributed by atoms with van der Waals surface area (Å²) >= 11 is 0. The molecule has 0 bridgehead atoms. The van der Waals surface area contributed by atoms with E-state index in [1.807, 2.05) is 18.7 Å². The molecule has 0 radical (unpaired) electrons. The Kier molecular flexibility index (Phi) is 6.61. The normalized spacial score (nSPS) is 17.1. The molecule has 1 amide bonds. The van der Waals surface area contributed by atoms with Crippen LogP contribution in [0.3, 0.4) is 0 Å². The number of nitrogens with zero attached hydrogens (tertiary/aromatic N) is 3. The summed E-state index contributed by atoms with van der Waals surface area (Å²) in [6, 6.07) is 10.2. The van der Waals surface area contributed by atoms with Gasteiger partial charge in [0.05, 0.1) is 18.4 Å². The average molecular weight is 514 g/mol. The molecule has 1 saturated heterocycles. The molecule has 0 spiro atoms. The summed E-state index contributed by atoms with van der Waals surface area (Å²) < 4.78 is 47.0. The first-order valence-electron chi connectivity index (χ1n) is 11.3. The van der Waals surface area contributed by atoms with E-state index < -0.39 is 21.7 Å². The maximum absolute atomic E-state index is 14.0. The van der Waals surface area contributed by atoms with Gasteiger partial charge in [0, 0.05) is 23.8 Å². The monoisotopic (exact) mass is 513 g/mol. The number of benzene rings is 1. The van der Waals surface area contributed by atoms with Crippen molar-refractivity contribution in [2.75, 3.05) is 24.3 Å². The van der Waals surface area contributed by atoms with Gasteiger partial charge >= 0.3 is 0 Å². The van der Waals surface area contributed by atoms with Crippen LogP contribution in [0, 0.1) is 11.7 Å². The summed E-state index contributed by atoms with van der Waals surface area (Å²) in [6.45, 7) is 6.81. The van der Waals surface area contributed by atoms with Crippen LogP contribution in [0.5, 0.6) is 5.75 Å². The van der Waals surface area contributed by atoms with Crippen molar-refractivity contribution in [2.24, 2.45) is 5.92 Å². The van der Waals surface area contributed by atoms with E-state index >= 15 is 0 Å². The van der Waals surface area contributed by atoms with Crippen molar-refractivity contribution in [3.63, 3.8) is 0 Å². The number of sulfonamides is 1. The van der Waals surface area contributed by atoms with E-state index in [4.69, 9.17) is 15.5 Å². The number of anilines is 2. The first-order valence-corrected chi connectivity index (χ1v) is 12.8. The number of nitrogens with one attached hydrogen (secondary N) is 1. The number of carbonyl (C=O) groups is 1. The standard InChI is InChI=1S/C25H28FN5O4S/c1-15-13-25(2,3)31(14-15)23-17(24(32)30-36(33,34)21-6-5-11-28-22(21)27)8-10-19(29-23)16-7-9-18(26)20(12-16)35-4/h5-12,15H,13-14H2,1-4H3,(H2,27,28)(H,30,32)/t15-/m0/s1. The number of nitrogens with two attached hydrogens (primary N) is 1. The summed E-state index contributed by atoms with van der Waals surface area (Å²) in [5, 5.41) is 0. The lowest BCUT2D eigenvalue weighted by molar-refractivity contribution is 0.0981. The molecule has 3 heterocycles. The lowest BCUT2D eigenvalue weighted by Gasteiger charge is -2.34. The summed E-state index contributed by atoms with van der Waals surface area (Å²) in [5.74, 6) is -0.853. The van der Waals surface area contributed by atoms with Crippen LogP contribution in [0.1, 0.15) is 37.6 Å². The van der Waals surface area contributed by atoms with Crippen LogP contribution >= 0.6 is 0 Å². The molecule has 1 aromatic carbocycles. The maximum Gasteiger partial charge on any atom is 0.268 e. The van der Waals surface area contributed by atoms with Gasteiger partial charge < -0.3 is 15.4 Å². The van der Waals surface area contributed by atoms with E-state index in [2.05, 4.69) is 16.6 Å². The van der Waals surface area contributed by atoms with Gasteiger partial charge in [0.15, 0.2) is 11.6 Å². The van der Waals surface area contributed by atoms with Crippen LogP contribution in [0.15, 0.2) is 53.6 Å². The van der Waals surface area contributed by atoms with Gasteiger partial charge in [-0.3, -0.25) is 4.79 Å². The molecule has 1 aliphatic rings. The molecular weight excluding hydrogens is 485 g/mol. The van der Waals surface area contributed by atoms with Gasteiger partial charge in [0.1, 0.15) is 16.5 Å². The Labute approximate surface area is 209 Å². The summed E-state index contributed by atoms with van der Waals surface area (Å²) in [6.07, 6.45) is 2.22. The molecule has 9 nitrogen and oxygen atoms in total. The maximum atomic E-state index is 14.0. The molecule has 0 saturated carbocycles. The lowest BCUT2D eigenvalue weighted by atomic mass is 9.97. The minimum Gasteiger partial charge on any atom is -0.494 e. The predicted octanol–water partition coefficient (Wildman–Crippen LogP) is 3.62. The number of aromatic nitrogens is 2. The highest BCUT2D eigenvalue weighted by atomic mass is 32.2. The Hall–Kier alpha value is -3.73. The number of halogens is 1. The van der Waals surface area contributed by atoms with Crippen molar-refractivity contribution < 1.29 is 22.3 Å². The van der Waals surface area contributed by atoms with E-state index in [9.17, 15) is 17.6 Å². The van der Waals surface area contributed by atoms with E-state index in [1.165, 1.54) is 43.6 Å². The Morgan fingerprint density at radius 2 is 2.00 bits per heavy atom. The van der Waals surface area contributed by atoms with Crippen molar-refractivity contribution >= 4 is 27.6 Å². The number of carbonyl (C=O) groups excluding carboxylic acids is 1. The van der Waals surface area contributed by atoms with Crippen LogP contribution in [0.2, 0.25) is 0 Å². The van der Waals surface area contributed by atoms with Gasteiger partial charge in [-0.05, 0) is 68.7 Å². The lowest BCUT2D eigenvalue weighted by Crippen LogP contribution is -2.41. The molecule has 0 unspecified atom stereocenters. The van der Waals surface area contributed by atoms with Crippen molar-refractivity contribution in [3.8, 4) is 17.0 Å². The largest absolute Gasteiger partial charge is 0.494 e. The smallest absolute Gasteiger partial charge is 0.268 e. The molecule has 11 heteroatoms. The van der Waals surface area contributed by atoms with Crippen molar-refractivity contribution in [3.05, 3.63) is 60.0 Å². The number of nitrogen functional groups attached to an aromatic ring is 1. The quantitative estimate of drug-likeness (QED) is 0.512. The van der Waals surface area contributed by atoms with Crippen LogP contribution in [-0.4, -0.2) is 43.5 Å². The van der Waals surface area contributed by atoms with Gasteiger partial charge in [0.2, 0.25) is 0 Å². The molecule has 1 aliphatic heterocycles. The molecule has 4 rings (SSSR count). The first-order chi connectivity index (χ1) is 16.9. The van der Waals surface area contributed by atoms with Gasteiger partial charge in [-0.1, -0.05) is 6.92 Å². The number of rotatable bonds is 6. The molecule has 3 N–H and O–H groups in total. The number of hydrogen-bond acceptors (Lipinski definition) is 8. The molecule has 3 aromatic rings. The van der Waals surface area contributed by atoms with Crippen LogP contribution in [-0.2, 0) is 10.0 Å². The number of hydrogen-bond donors (Lipinski definition) is 2. The zero-order chi connectivity index (χ0) is 26.3. The molecule has 0 aliphatic carbocycles. The minimum atomic E-state index is -4.29. The number of amides is 1. The van der Waals surface area contributed by atoms with Crippen molar-refractivity contribution in [1.82, 2.24) is 14.7 Å². The van der Waals surface area contributed by atoms with Gasteiger partial charge in [-0.2, -0.15) is 0 Å². The van der Waals surface area contributed by atoms with E-state index in [-0.39, 0.29) is 27.6 Å². The third kappa shape index (κ3) is 4.83. The Morgan fingerprint density at radius 1 is 1.25 bits per heavy atom. The highest BCUT2D eigenvalue weighted by Crippen LogP contribution is 2.38. The van der Waals surface area contributed by atoms with Crippen LogP contribution in [0.25, 0.3) is 11.3 Å². The highest BCUT2D eigenvalue weighted by Gasteiger charge is 2.39. The van der Waals surface area contributed by atoms with Crippen molar-refractivity contribution in [1.29, 1.82) is 0 Å². The zero-order valence-electron chi connectivity index (χ0n) is 20.4.